The Bertz CT molecular complexity index is 846. The lowest BCUT2D eigenvalue weighted by atomic mass is 10.3. The molecule has 2 heterocycles. The van der Waals surface area contributed by atoms with Gasteiger partial charge in [0.25, 0.3) is 5.56 Å². The van der Waals surface area contributed by atoms with Gasteiger partial charge < -0.3 is 10.1 Å². The van der Waals surface area contributed by atoms with Crippen molar-refractivity contribution in [1.29, 1.82) is 0 Å². The average molecular weight is 310 g/mol. The molecular weight excluding hydrogens is 292 g/mol. The number of anilines is 2. The third kappa shape index (κ3) is 3.54. The van der Waals surface area contributed by atoms with Gasteiger partial charge in [-0.1, -0.05) is 18.2 Å². The zero-order valence-corrected chi connectivity index (χ0v) is 12.9. The maximum absolute atomic E-state index is 12.1. The molecule has 0 saturated heterocycles. The minimum Gasteiger partial charge on any atom is -0.380 e. The highest BCUT2D eigenvalue weighted by molar-refractivity contribution is 5.75. The number of ether oxygens (including phenoxy) is 1. The highest BCUT2D eigenvalue weighted by Crippen LogP contribution is 2.15. The number of benzene rings is 1. The maximum Gasteiger partial charge on any atom is 0.252 e. The maximum atomic E-state index is 12.1. The molecule has 1 N–H and O–H groups in total. The first-order valence-electron chi connectivity index (χ1n) is 7.54. The van der Waals surface area contributed by atoms with Gasteiger partial charge in [-0.2, -0.15) is 4.98 Å². The van der Waals surface area contributed by atoms with Crippen LogP contribution in [-0.4, -0.2) is 27.7 Å². The molecule has 2 aromatic heterocycles. The largest absolute Gasteiger partial charge is 0.380 e. The number of nitrogens with one attached hydrogen (secondary N) is 1. The van der Waals surface area contributed by atoms with Crippen molar-refractivity contribution in [2.24, 2.45) is 0 Å². The van der Waals surface area contributed by atoms with Crippen LogP contribution in [0.15, 0.2) is 53.5 Å². The van der Waals surface area contributed by atoms with Crippen molar-refractivity contribution in [2.75, 3.05) is 18.5 Å². The van der Waals surface area contributed by atoms with Crippen LogP contribution in [0.25, 0.3) is 11.0 Å². The summed E-state index contributed by atoms with van der Waals surface area (Å²) in [5.41, 5.74) is 1.40. The number of fused-ring (bicyclic) bond motifs is 1. The molecular formula is C17H18N4O2. The van der Waals surface area contributed by atoms with Gasteiger partial charge in [-0.15, -0.1) is 0 Å². The molecule has 1 aromatic carbocycles. The van der Waals surface area contributed by atoms with Crippen molar-refractivity contribution in [2.45, 2.75) is 13.5 Å². The van der Waals surface area contributed by atoms with Crippen molar-refractivity contribution in [3.63, 3.8) is 0 Å². The normalized spacial score (nSPS) is 10.8. The van der Waals surface area contributed by atoms with Crippen molar-refractivity contribution >= 4 is 22.7 Å². The summed E-state index contributed by atoms with van der Waals surface area (Å²) in [5, 5.41) is 3.96. The molecule has 0 amide bonds. The zero-order valence-electron chi connectivity index (χ0n) is 12.9. The fourth-order valence-electron chi connectivity index (χ4n) is 2.30. The highest BCUT2D eigenvalue weighted by atomic mass is 16.5. The number of hydrogen-bond acceptors (Lipinski definition) is 5. The smallest absolute Gasteiger partial charge is 0.252 e. The third-order valence-corrected chi connectivity index (χ3v) is 3.42. The number of rotatable bonds is 6. The molecule has 0 unspecified atom stereocenters. The molecule has 0 atom stereocenters. The Morgan fingerprint density at radius 3 is 2.78 bits per heavy atom. The summed E-state index contributed by atoms with van der Waals surface area (Å²) in [6.45, 7) is 3.48. The van der Waals surface area contributed by atoms with Gasteiger partial charge in [0.15, 0.2) is 0 Å². The number of nitrogens with zero attached hydrogens (tertiary/aromatic N) is 3. The van der Waals surface area contributed by atoms with E-state index in [1.807, 2.05) is 37.3 Å². The molecule has 0 aliphatic carbocycles. The Morgan fingerprint density at radius 2 is 2.00 bits per heavy atom. The topological polar surface area (TPSA) is 69.0 Å². The van der Waals surface area contributed by atoms with Gasteiger partial charge in [-0.3, -0.25) is 9.36 Å². The van der Waals surface area contributed by atoms with E-state index < -0.39 is 0 Å². The van der Waals surface area contributed by atoms with Crippen LogP contribution < -0.4 is 10.9 Å². The second-order valence-electron chi connectivity index (χ2n) is 4.98. The fourth-order valence-corrected chi connectivity index (χ4v) is 2.30. The van der Waals surface area contributed by atoms with Crippen molar-refractivity contribution in [3.05, 3.63) is 59.0 Å². The van der Waals surface area contributed by atoms with Gasteiger partial charge in [0.05, 0.1) is 13.2 Å². The molecule has 3 rings (SSSR count). The lowest BCUT2D eigenvalue weighted by Crippen LogP contribution is -2.22. The van der Waals surface area contributed by atoms with E-state index in [0.717, 1.165) is 11.1 Å². The van der Waals surface area contributed by atoms with Gasteiger partial charge in [-0.05, 0) is 25.1 Å². The Hall–Kier alpha value is -2.73. The van der Waals surface area contributed by atoms with Crippen LogP contribution in [0.4, 0.5) is 11.6 Å². The monoisotopic (exact) mass is 310 g/mol. The van der Waals surface area contributed by atoms with Crippen LogP contribution >= 0.6 is 0 Å². The Balaban J connectivity index is 1.96. The summed E-state index contributed by atoms with van der Waals surface area (Å²) in [7, 11) is 0. The predicted octanol–water partition coefficient (Wildman–Crippen LogP) is 2.57. The second-order valence-corrected chi connectivity index (χ2v) is 4.98. The van der Waals surface area contributed by atoms with Gasteiger partial charge in [-0.25, -0.2) is 4.98 Å². The molecule has 0 aliphatic heterocycles. The van der Waals surface area contributed by atoms with Crippen LogP contribution in [-0.2, 0) is 11.3 Å². The van der Waals surface area contributed by atoms with E-state index in [0.29, 0.717) is 31.4 Å². The zero-order chi connectivity index (χ0) is 16.1. The van der Waals surface area contributed by atoms with Gasteiger partial charge in [0.1, 0.15) is 5.65 Å². The van der Waals surface area contributed by atoms with Gasteiger partial charge in [0, 0.05) is 29.9 Å². The number of para-hydroxylation sites is 1. The highest BCUT2D eigenvalue weighted by Gasteiger charge is 2.07. The fraction of sp³-hybridized carbons (Fsp3) is 0.235. The SMILES string of the molecule is CCOCCn1c(=O)ccc2cnc(Nc3ccccc3)nc21. The Morgan fingerprint density at radius 1 is 1.17 bits per heavy atom. The predicted molar refractivity (Wildman–Crippen MR) is 90.0 cm³/mol. The summed E-state index contributed by atoms with van der Waals surface area (Å²) >= 11 is 0. The summed E-state index contributed by atoms with van der Waals surface area (Å²) in [5.74, 6) is 0.458. The molecule has 0 aliphatic rings. The molecule has 23 heavy (non-hydrogen) atoms. The molecule has 0 fully saturated rings. The molecule has 0 spiro atoms. The molecule has 0 bridgehead atoms. The first-order chi connectivity index (χ1) is 11.3. The van der Waals surface area contributed by atoms with E-state index in [4.69, 9.17) is 4.74 Å². The van der Waals surface area contributed by atoms with E-state index in [2.05, 4.69) is 15.3 Å². The van der Waals surface area contributed by atoms with Crippen LogP contribution in [0.5, 0.6) is 0 Å². The van der Waals surface area contributed by atoms with E-state index in [1.54, 1.807) is 16.8 Å². The van der Waals surface area contributed by atoms with Crippen molar-refractivity contribution in [1.82, 2.24) is 14.5 Å². The summed E-state index contributed by atoms with van der Waals surface area (Å²) in [6.07, 6.45) is 1.71. The van der Waals surface area contributed by atoms with Gasteiger partial charge >= 0.3 is 0 Å². The van der Waals surface area contributed by atoms with E-state index in [-0.39, 0.29) is 5.56 Å². The van der Waals surface area contributed by atoms with Crippen molar-refractivity contribution < 1.29 is 4.74 Å². The summed E-state index contributed by atoms with van der Waals surface area (Å²) < 4.78 is 6.96. The van der Waals surface area contributed by atoms with Crippen LogP contribution in [0, 0.1) is 0 Å². The van der Waals surface area contributed by atoms with Crippen LogP contribution in [0.1, 0.15) is 6.92 Å². The number of aromatic nitrogens is 3. The Labute approximate surface area is 133 Å². The summed E-state index contributed by atoms with van der Waals surface area (Å²) in [6, 6.07) is 12.9. The van der Waals surface area contributed by atoms with Gasteiger partial charge in [0.2, 0.25) is 5.95 Å². The molecule has 6 heteroatoms. The lowest BCUT2D eigenvalue weighted by molar-refractivity contribution is 0.139. The quantitative estimate of drug-likeness (QED) is 0.709. The molecule has 118 valence electrons. The number of hydrogen-bond donors (Lipinski definition) is 1. The molecule has 3 aromatic rings. The first-order valence-corrected chi connectivity index (χ1v) is 7.54. The van der Waals surface area contributed by atoms with Crippen molar-refractivity contribution in [3.8, 4) is 0 Å². The minimum absolute atomic E-state index is 0.0958. The molecule has 0 radical (unpaired) electrons. The Kier molecular flexibility index (Phi) is 4.63. The minimum atomic E-state index is -0.0958. The standard InChI is InChI=1S/C17H18N4O2/c1-2-23-11-10-21-15(22)9-8-13-12-18-17(20-16(13)21)19-14-6-4-3-5-7-14/h3-9,12H,2,10-11H2,1H3,(H,18,19,20). The number of pyridine rings is 1. The third-order valence-electron chi connectivity index (χ3n) is 3.42. The summed E-state index contributed by atoms with van der Waals surface area (Å²) in [4.78, 5) is 20.9. The second kappa shape index (κ2) is 7.02. The first kappa shape index (κ1) is 15.2. The van der Waals surface area contributed by atoms with Crippen LogP contribution in [0.2, 0.25) is 0 Å². The van der Waals surface area contributed by atoms with E-state index >= 15 is 0 Å². The van der Waals surface area contributed by atoms with Crippen LogP contribution in [0.3, 0.4) is 0 Å². The van der Waals surface area contributed by atoms with E-state index in [1.165, 1.54) is 6.07 Å². The molecule has 0 saturated carbocycles. The average Bonchev–Trinajstić information content (AvgIpc) is 2.58. The van der Waals surface area contributed by atoms with E-state index in [9.17, 15) is 4.79 Å². The molecule has 6 nitrogen and oxygen atoms in total. The lowest BCUT2D eigenvalue weighted by Gasteiger charge is -2.11.